The molecule has 0 aliphatic rings. The highest BCUT2D eigenvalue weighted by Crippen LogP contribution is 2.17. The van der Waals surface area contributed by atoms with Gasteiger partial charge in [0.1, 0.15) is 19.0 Å². The van der Waals surface area contributed by atoms with Crippen LogP contribution in [-0.4, -0.2) is 26.0 Å². The summed E-state index contributed by atoms with van der Waals surface area (Å²) < 4.78 is 45.0. The van der Waals surface area contributed by atoms with Crippen molar-refractivity contribution in [3.05, 3.63) is 29.8 Å². The zero-order chi connectivity index (χ0) is 13.6. The van der Waals surface area contributed by atoms with Gasteiger partial charge in [-0.15, -0.1) is 0 Å². The lowest BCUT2D eigenvalue weighted by Crippen LogP contribution is -2.19. The number of benzene rings is 1. The van der Waals surface area contributed by atoms with E-state index in [2.05, 4.69) is 4.74 Å². The summed E-state index contributed by atoms with van der Waals surface area (Å²) in [5.41, 5.74) is 6.61. The molecule has 0 aliphatic carbocycles. The first kappa shape index (κ1) is 14.8. The van der Waals surface area contributed by atoms with Gasteiger partial charge < -0.3 is 15.2 Å². The molecule has 0 aromatic heterocycles. The number of ether oxygens (including phenoxy) is 2. The van der Waals surface area contributed by atoms with Gasteiger partial charge >= 0.3 is 6.18 Å². The minimum Gasteiger partial charge on any atom is -0.491 e. The second kappa shape index (κ2) is 6.61. The lowest BCUT2D eigenvalue weighted by molar-refractivity contribution is -0.175. The predicted octanol–water partition coefficient (Wildman–Crippen LogP) is 2.66. The molecule has 0 aliphatic heterocycles. The minimum atomic E-state index is -4.30. The molecule has 0 saturated heterocycles. The largest absolute Gasteiger partial charge is 0.491 e. The molecule has 0 bridgehead atoms. The maximum absolute atomic E-state index is 11.8. The molecule has 1 rings (SSSR count). The first-order valence-electron chi connectivity index (χ1n) is 5.51. The Morgan fingerprint density at radius 3 is 2.61 bits per heavy atom. The summed E-state index contributed by atoms with van der Waals surface area (Å²) in [7, 11) is 0. The average molecular weight is 263 g/mol. The lowest BCUT2D eigenvalue weighted by atomic mass is 10.1. The van der Waals surface area contributed by atoms with Crippen LogP contribution in [0.5, 0.6) is 5.75 Å². The molecule has 3 nitrogen and oxygen atoms in total. The van der Waals surface area contributed by atoms with Crippen molar-refractivity contribution in [2.24, 2.45) is 5.73 Å². The minimum absolute atomic E-state index is 0.0679. The van der Waals surface area contributed by atoms with Crippen LogP contribution < -0.4 is 10.5 Å². The molecule has 0 saturated carbocycles. The summed E-state index contributed by atoms with van der Waals surface area (Å²) in [5, 5.41) is 0. The smallest absolute Gasteiger partial charge is 0.411 e. The van der Waals surface area contributed by atoms with Crippen LogP contribution in [0.4, 0.5) is 13.2 Å². The molecule has 1 unspecified atom stereocenters. The van der Waals surface area contributed by atoms with E-state index < -0.39 is 12.8 Å². The van der Waals surface area contributed by atoms with E-state index in [1.807, 2.05) is 13.0 Å². The Balaban J connectivity index is 2.29. The first-order chi connectivity index (χ1) is 8.38. The van der Waals surface area contributed by atoms with Crippen LogP contribution >= 0.6 is 0 Å². The number of halogens is 3. The van der Waals surface area contributed by atoms with Gasteiger partial charge in [0.2, 0.25) is 0 Å². The highest BCUT2D eigenvalue weighted by atomic mass is 19.4. The Bertz CT molecular complexity index is 367. The average Bonchev–Trinajstić information content (AvgIpc) is 2.27. The number of rotatable bonds is 6. The number of alkyl halides is 3. The quantitative estimate of drug-likeness (QED) is 0.802. The van der Waals surface area contributed by atoms with E-state index in [9.17, 15) is 13.2 Å². The molecule has 0 heterocycles. The Morgan fingerprint density at radius 2 is 2.00 bits per heavy atom. The monoisotopic (exact) mass is 263 g/mol. The summed E-state index contributed by atoms with van der Waals surface area (Å²) in [4.78, 5) is 0. The second-order valence-corrected chi connectivity index (χ2v) is 3.88. The SMILES string of the molecule is CC(N)c1cccc(OCCOCC(F)(F)F)c1. The summed E-state index contributed by atoms with van der Waals surface area (Å²) in [6, 6.07) is 7.00. The second-order valence-electron chi connectivity index (χ2n) is 3.88. The molecule has 1 aromatic carbocycles. The zero-order valence-electron chi connectivity index (χ0n) is 10.0. The van der Waals surface area contributed by atoms with Crippen molar-refractivity contribution >= 4 is 0 Å². The lowest BCUT2D eigenvalue weighted by Gasteiger charge is -2.11. The van der Waals surface area contributed by atoms with Gasteiger partial charge in [-0.2, -0.15) is 13.2 Å². The molecular weight excluding hydrogens is 247 g/mol. The van der Waals surface area contributed by atoms with Crippen LogP contribution in [0, 0.1) is 0 Å². The van der Waals surface area contributed by atoms with Gasteiger partial charge in [0.25, 0.3) is 0 Å². The van der Waals surface area contributed by atoms with E-state index in [1.54, 1.807) is 18.2 Å². The molecule has 2 N–H and O–H groups in total. The van der Waals surface area contributed by atoms with Crippen LogP contribution in [0.3, 0.4) is 0 Å². The maximum atomic E-state index is 11.8. The maximum Gasteiger partial charge on any atom is 0.411 e. The van der Waals surface area contributed by atoms with Gasteiger partial charge in [0.15, 0.2) is 0 Å². The van der Waals surface area contributed by atoms with E-state index in [0.717, 1.165) is 5.56 Å². The Kier molecular flexibility index (Phi) is 5.43. The van der Waals surface area contributed by atoms with Crippen molar-refractivity contribution in [2.75, 3.05) is 19.8 Å². The van der Waals surface area contributed by atoms with E-state index >= 15 is 0 Å². The van der Waals surface area contributed by atoms with Crippen LogP contribution in [0.25, 0.3) is 0 Å². The standard InChI is InChI=1S/C12H16F3NO2/c1-9(16)10-3-2-4-11(7-10)18-6-5-17-8-12(13,14)15/h2-4,7,9H,5-6,8,16H2,1H3. The topological polar surface area (TPSA) is 44.5 Å². The molecular formula is C12H16F3NO2. The summed E-state index contributed by atoms with van der Waals surface area (Å²) in [6.07, 6.45) is -4.30. The van der Waals surface area contributed by atoms with Gasteiger partial charge in [-0.05, 0) is 24.6 Å². The van der Waals surface area contributed by atoms with Crippen molar-refractivity contribution in [1.82, 2.24) is 0 Å². The molecule has 0 fully saturated rings. The molecule has 1 aromatic rings. The normalized spacial score (nSPS) is 13.4. The third-order valence-corrected chi connectivity index (χ3v) is 2.15. The fourth-order valence-electron chi connectivity index (χ4n) is 1.29. The van der Waals surface area contributed by atoms with Crippen molar-refractivity contribution in [1.29, 1.82) is 0 Å². The van der Waals surface area contributed by atoms with Gasteiger partial charge in [-0.25, -0.2) is 0 Å². The van der Waals surface area contributed by atoms with Crippen LogP contribution in [0.1, 0.15) is 18.5 Å². The fraction of sp³-hybridized carbons (Fsp3) is 0.500. The highest BCUT2D eigenvalue weighted by Gasteiger charge is 2.27. The Labute approximate surface area is 104 Å². The third kappa shape index (κ3) is 5.88. The summed E-state index contributed by atoms with van der Waals surface area (Å²) in [6.45, 7) is 0.544. The molecule has 0 spiro atoms. The van der Waals surface area contributed by atoms with Crippen LogP contribution in [0.15, 0.2) is 24.3 Å². The van der Waals surface area contributed by atoms with Gasteiger partial charge in [-0.3, -0.25) is 0 Å². The van der Waals surface area contributed by atoms with Gasteiger partial charge in [0, 0.05) is 6.04 Å². The number of hydrogen-bond acceptors (Lipinski definition) is 3. The highest BCUT2D eigenvalue weighted by molar-refractivity contribution is 5.30. The zero-order valence-corrected chi connectivity index (χ0v) is 10.0. The number of hydrogen-bond donors (Lipinski definition) is 1. The fourth-order valence-corrected chi connectivity index (χ4v) is 1.29. The van der Waals surface area contributed by atoms with E-state index in [1.165, 1.54) is 0 Å². The molecule has 0 radical (unpaired) electrons. The molecule has 0 amide bonds. The first-order valence-corrected chi connectivity index (χ1v) is 5.51. The van der Waals surface area contributed by atoms with Crippen LogP contribution in [0.2, 0.25) is 0 Å². The van der Waals surface area contributed by atoms with Crippen molar-refractivity contribution < 1.29 is 22.6 Å². The van der Waals surface area contributed by atoms with E-state index in [-0.39, 0.29) is 19.3 Å². The van der Waals surface area contributed by atoms with E-state index in [4.69, 9.17) is 10.5 Å². The Morgan fingerprint density at radius 1 is 1.28 bits per heavy atom. The third-order valence-electron chi connectivity index (χ3n) is 2.15. The Hall–Kier alpha value is -1.27. The van der Waals surface area contributed by atoms with Crippen LogP contribution in [-0.2, 0) is 4.74 Å². The summed E-state index contributed by atoms with van der Waals surface area (Å²) >= 11 is 0. The number of nitrogens with two attached hydrogens (primary N) is 1. The predicted molar refractivity (Wildman–Crippen MR) is 61.4 cm³/mol. The molecule has 1 atom stereocenters. The van der Waals surface area contributed by atoms with Gasteiger partial charge in [0.05, 0.1) is 6.61 Å². The van der Waals surface area contributed by atoms with Crippen molar-refractivity contribution in [3.8, 4) is 5.75 Å². The molecule has 18 heavy (non-hydrogen) atoms. The van der Waals surface area contributed by atoms with Gasteiger partial charge in [-0.1, -0.05) is 12.1 Å². The van der Waals surface area contributed by atoms with Crippen molar-refractivity contribution in [3.63, 3.8) is 0 Å². The van der Waals surface area contributed by atoms with E-state index in [0.29, 0.717) is 5.75 Å². The molecule has 102 valence electrons. The molecule has 6 heteroatoms. The summed E-state index contributed by atoms with van der Waals surface area (Å²) in [5.74, 6) is 0.570. The van der Waals surface area contributed by atoms with Crippen molar-refractivity contribution in [2.45, 2.75) is 19.1 Å².